The zero-order chi connectivity index (χ0) is 19.7. The lowest BCUT2D eigenvalue weighted by molar-refractivity contribution is -0.112. The number of aryl methyl sites for hydroxylation is 1. The molecule has 0 aliphatic carbocycles. The summed E-state index contributed by atoms with van der Waals surface area (Å²) in [5.74, 6) is 0. The number of rotatable bonds is 5. The van der Waals surface area contributed by atoms with Gasteiger partial charge in [-0.05, 0) is 59.0 Å². The number of benzene rings is 2. The number of aldehydes is 1. The molecule has 0 bridgehead atoms. The van der Waals surface area contributed by atoms with Crippen LogP contribution in [0.15, 0.2) is 60.9 Å². The second-order valence-corrected chi connectivity index (χ2v) is 7.65. The molecule has 142 valence electrons. The van der Waals surface area contributed by atoms with E-state index in [-0.39, 0.29) is 6.04 Å². The Kier molecular flexibility index (Phi) is 4.97. The molecule has 3 aromatic rings. The summed E-state index contributed by atoms with van der Waals surface area (Å²) in [6.07, 6.45) is 4.75. The van der Waals surface area contributed by atoms with Gasteiger partial charge in [-0.3, -0.25) is 9.88 Å². The Morgan fingerprint density at radius 1 is 1.14 bits per heavy atom. The summed E-state index contributed by atoms with van der Waals surface area (Å²) >= 11 is 0. The molecule has 2 heterocycles. The molecular formula is C24H25N3O. The number of hydrogen-bond donors (Lipinski definition) is 0. The van der Waals surface area contributed by atoms with Crippen molar-refractivity contribution in [3.63, 3.8) is 0 Å². The molecule has 4 heteroatoms. The standard InChI is InChI=1S/C24H25N3O/c1-17-11-20(19-5-4-10-25-13-19)12-21-15-27(23(16-28)24(17)21)14-18-6-8-22(9-7-18)26(2)3/h4-13,16,23H,14-15H2,1-3H3. The lowest BCUT2D eigenvalue weighted by atomic mass is 9.94. The second kappa shape index (κ2) is 7.56. The number of carbonyl (C=O) groups excluding carboxylic acids is 1. The quantitative estimate of drug-likeness (QED) is 0.624. The highest BCUT2D eigenvalue weighted by molar-refractivity contribution is 5.71. The van der Waals surface area contributed by atoms with Gasteiger partial charge in [0.15, 0.2) is 0 Å². The maximum atomic E-state index is 12.0. The van der Waals surface area contributed by atoms with Crippen LogP contribution in [0.5, 0.6) is 0 Å². The van der Waals surface area contributed by atoms with Gasteiger partial charge in [-0.2, -0.15) is 0 Å². The van der Waals surface area contributed by atoms with E-state index in [1.807, 2.05) is 26.4 Å². The number of aromatic nitrogens is 1. The van der Waals surface area contributed by atoms with Crippen LogP contribution in [0.1, 0.15) is 28.3 Å². The number of anilines is 1. The van der Waals surface area contributed by atoms with E-state index in [1.54, 1.807) is 6.20 Å². The predicted octanol–water partition coefficient (Wildman–Crippen LogP) is 4.38. The summed E-state index contributed by atoms with van der Waals surface area (Å²) in [6.45, 7) is 3.64. The summed E-state index contributed by atoms with van der Waals surface area (Å²) in [5, 5.41) is 0. The fraction of sp³-hybridized carbons (Fsp3) is 0.250. The van der Waals surface area contributed by atoms with Crippen molar-refractivity contribution in [2.45, 2.75) is 26.1 Å². The van der Waals surface area contributed by atoms with Crippen LogP contribution in [0.3, 0.4) is 0 Å². The minimum absolute atomic E-state index is 0.188. The summed E-state index contributed by atoms with van der Waals surface area (Å²) in [5.41, 5.74) is 8.22. The molecule has 4 nitrogen and oxygen atoms in total. The van der Waals surface area contributed by atoms with Crippen molar-refractivity contribution in [1.29, 1.82) is 0 Å². The van der Waals surface area contributed by atoms with Gasteiger partial charge in [-0.1, -0.05) is 24.3 Å². The van der Waals surface area contributed by atoms with Gasteiger partial charge in [0.2, 0.25) is 0 Å². The maximum absolute atomic E-state index is 12.0. The molecule has 2 aromatic carbocycles. The molecule has 0 N–H and O–H groups in total. The van der Waals surface area contributed by atoms with E-state index in [1.165, 1.54) is 22.4 Å². The first kappa shape index (κ1) is 18.4. The van der Waals surface area contributed by atoms with E-state index in [0.717, 1.165) is 36.1 Å². The summed E-state index contributed by atoms with van der Waals surface area (Å²) in [4.78, 5) is 20.5. The highest BCUT2D eigenvalue weighted by Crippen LogP contribution is 2.38. The lowest BCUT2D eigenvalue weighted by Gasteiger charge is -2.21. The molecule has 0 spiro atoms. The Bertz CT molecular complexity index is 981. The molecule has 1 unspecified atom stereocenters. The van der Waals surface area contributed by atoms with Crippen LogP contribution in [0, 0.1) is 6.92 Å². The molecule has 1 aliphatic rings. The molecule has 1 aromatic heterocycles. The number of carbonyl (C=O) groups is 1. The first-order valence-electron chi connectivity index (χ1n) is 9.56. The van der Waals surface area contributed by atoms with Crippen LogP contribution in [-0.4, -0.2) is 30.3 Å². The average Bonchev–Trinajstić information content (AvgIpc) is 3.06. The van der Waals surface area contributed by atoms with Gasteiger partial charge < -0.3 is 9.69 Å². The third-order valence-corrected chi connectivity index (χ3v) is 5.50. The predicted molar refractivity (Wildman–Crippen MR) is 113 cm³/mol. The zero-order valence-corrected chi connectivity index (χ0v) is 16.6. The van der Waals surface area contributed by atoms with Gasteiger partial charge in [-0.15, -0.1) is 0 Å². The molecule has 0 saturated heterocycles. The van der Waals surface area contributed by atoms with E-state index in [4.69, 9.17) is 0 Å². The Morgan fingerprint density at radius 3 is 2.57 bits per heavy atom. The molecule has 0 amide bonds. The van der Waals surface area contributed by atoms with Gasteiger partial charge in [0.1, 0.15) is 6.29 Å². The smallest absolute Gasteiger partial charge is 0.141 e. The Balaban J connectivity index is 1.62. The van der Waals surface area contributed by atoms with Gasteiger partial charge >= 0.3 is 0 Å². The second-order valence-electron chi connectivity index (χ2n) is 7.65. The summed E-state index contributed by atoms with van der Waals surface area (Å²) in [7, 11) is 4.08. The van der Waals surface area contributed by atoms with Crippen molar-refractivity contribution < 1.29 is 4.79 Å². The van der Waals surface area contributed by atoms with E-state index in [9.17, 15) is 4.79 Å². The van der Waals surface area contributed by atoms with E-state index in [2.05, 4.69) is 64.2 Å². The van der Waals surface area contributed by atoms with Crippen LogP contribution < -0.4 is 4.90 Å². The van der Waals surface area contributed by atoms with Gasteiger partial charge in [0.05, 0.1) is 6.04 Å². The third kappa shape index (κ3) is 3.43. The first-order chi connectivity index (χ1) is 13.6. The van der Waals surface area contributed by atoms with Crippen molar-refractivity contribution >= 4 is 12.0 Å². The first-order valence-corrected chi connectivity index (χ1v) is 9.56. The molecule has 4 rings (SSSR count). The Hall–Kier alpha value is -2.98. The molecule has 0 radical (unpaired) electrons. The SMILES string of the molecule is Cc1cc(-c2cccnc2)cc2c1C(C=O)N(Cc1ccc(N(C)C)cc1)C2. The molecule has 28 heavy (non-hydrogen) atoms. The minimum Gasteiger partial charge on any atom is -0.378 e. The van der Waals surface area contributed by atoms with E-state index in [0.29, 0.717) is 0 Å². The topological polar surface area (TPSA) is 36.4 Å². The Labute approximate surface area is 166 Å². The Morgan fingerprint density at radius 2 is 1.93 bits per heavy atom. The number of nitrogens with zero attached hydrogens (tertiary/aromatic N) is 3. The molecule has 1 atom stereocenters. The zero-order valence-electron chi connectivity index (χ0n) is 16.6. The monoisotopic (exact) mass is 371 g/mol. The van der Waals surface area contributed by atoms with Gasteiger partial charge in [0.25, 0.3) is 0 Å². The van der Waals surface area contributed by atoms with Crippen LogP contribution in [0.25, 0.3) is 11.1 Å². The van der Waals surface area contributed by atoms with Crippen molar-refractivity contribution in [1.82, 2.24) is 9.88 Å². The molecule has 0 fully saturated rings. The number of hydrogen-bond acceptors (Lipinski definition) is 4. The van der Waals surface area contributed by atoms with Crippen molar-refractivity contribution in [3.8, 4) is 11.1 Å². The van der Waals surface area contributed by atoms with Crippen molar-refractivity contribution in [3.05, 3.63) is 83.2 Å². The molecule has 0 saturated carbocycles. The number of fused-ring (bicyclic) bond motifs is 1. The number of pyridine rings is 1. The fourth-order valence-corrected chi connectivity index (χ4v) is 4.07. The van der Waals surface area contributed by atoms with Gasteiger partial charge in [-0.25, -0.2) is 0 Å². The largest absolute Gasteiger partial charge is 0.378 e. The maximum Gasteiger partial charge on any atom is 0.141 e. The van der Waals surface area contributed by atoms with Crippen LogP contribution in [0.4, 0.5) is 5.69 Å². The highest BCUT2D eigenvalue weighted by atomic mass is 16.1. The van der Waals surface area contributed by atoms with Crippen LogP contribution in [0.2, 0.25) is 0 Å². The third-order valence-electron chi connectivity index (χ3n) is 5.50. The van der Waals surface area contributed by atoms with Crippen molar-refractivity contribution in [2.24, 2.45) is 0 Å². The minimum atomic E-state index is -0.188. The molecular weight excluding hydrogens is 346 g/mol. The lowest BCUT2D eigenvalue weighted by Crippen LogP contribution is -2.23. The van der Waals surface area contributed by atoms with Gasteiger partial charge in [0, 0.05) is 50.8 Å². The van der Waals surface area contributed by atoms with Crippen LogP contribution in [-0.2, 0) is 17.9 Å². The van der Waals surface area contributed by atoms with Crippen molar-refractivity contribution in [2.75, 3.05) is 19.0 Å². The summed E-state index contributed by atoms with van der Waals surface area (Å²) in [6, 6.07) is 16.8. The normalized spacial score (nSPS) is 16.0. The van der Waals surface area contributed by atoms with Crippen LogP contribution >= 0.6 is 0 Å². The van der Waals surface area contributed by atoms with E-state index < -0.39 is 0 Å². The average molecular weight is 371 g/mol. The van der Waals surface area contributed by atoms with E-state index >= 15 is 0 Å². The highest BCUT2D eigenvalue weighted by Gasteiger charge is 2.31. The summed E-state index contributed by atoms with van der Waals surface area (Å²) < 4.78 is 0. The fourth-order valence-electron chi connectivity index (χ4n) is 4.07. The molecule has 1 aliphatic heterocycles.